The average molecular weight is 239 g/mol. The molecule has 2 atom stereocenters. The summed E-state index contributed by atoms with van der Waals surface area (Å²) in [5, 5.41) is 17.3. The van der Waals surface area contributed by atoms with Gasteiger partial charge in [0.05, 0.1) is 12.0 Å². The summed E-state index contributed by atoms with van der Waals surface area (Å²) in [4.78, 5) is 22.4. The van der Waals surface area contributed by atoms with E-state index in [1.54, 1.807) is 0 Å². The van der Waals surface area contributed by atoms with Crippen LogP contribution >= 0.6 is 0 Å². The van der Waals surface area contributed by atoms with Gasteiger partial charge in [-0.05, 0) is 13.3 Å². The van der Waals surface area contributed by atoms with E-state index < -0.39 is 5.97 Å². The molecule has 7 heteroatoms. The van der Waals surface area contributed by atoms with Crippen molar-refractivity contribution in [3.63, 3.8) is 0 Å². The number of aromatic carboxylic acids is 1. The van der Waals surface area contributed by atoms with Crippen LogP contribution in [0.4, 0.5) is 5.82 Å². The van der Waals surface area contributed by atoms with Crippen molar-refractivity contribution in [3.8, 4) is 0 Å². The van der Waals surface area contributed by atoms with E-state index in [0.29, 0.717) is 13.0 Å². The van der Waals surface area contributed by atoms with Crippen molar-refractivity contribution in [1.82, 2.24) is 10.2 Å². The number of rotatable bonds is 3. The Morgan fingerprint density at radius 3 is 2.94 bits per heavy atom. The molecule has 1 fully saturated rings. The molecule has 2 rings (SSSR count). The smallest absolute Gasteiger partial charge is 0.353 e. The number of carbonyl (C=O) groups is 2. The van der Waals surface area contributed by atoms with E-state index in [-0.39, 0.29) is 29.4 Å². The Bertz CT molecular complexity index is 443. The quantitative estimate of drug-likeness (QED) is 0.711. The molecule has 0 aromatic carbocycles. The fourth-order valence-electron chi connectivity index (χ4n) is 1.79. The predicted molar refractivity (Wildman–Crippen MR) is 57.7 cm³/mol. The summed E-state index contributed by atoms with van der Waals surface area (Å²) in [7, 11) is 0. The molecule has 1 aromatic heterocycles. The Morgan fingerprint density at radius 2 is 2.41 bits per heavy atom. The topological polar surface area (TPSA) is 104 Å². The summed E-state index contributed by atoms with van der Waals surface area (Å²) in [6.07, 6.45) is 0.552. The Hall–Kier alpha value is -1.89. The van der Waals surface area contributed by atoms with Crippen LogP contribution in [0.15, 0.2) is 6.07 Å². The average Bonchev–Trinajstić information content (AvgIpc) is 2.86. The van der Waals surface area contributed by atoms with Crippen LogP contribution in [0.3, 0.4) is 0 Å². The van der Waals surface area contributed by atoms with Gasteiger partial charge in [-0.1, -0.05) is 0 Å². The maximum atomic E-state index is 11.8. The first-order valence-electron chi connectivity index (χ1n) is 5.29. The number of carboxylic acids is 1. The molecule has 0 bridgehead atoms. The number of carboxylic acid groups (broad SMARTS) is 1. The number of aromatic amines is 1. The van der Waals surface area contributed by atoms with Crippen LogP contribution in [0, 0.1) is 5.92 Å². The van der Waals surface area contributed by atoms with Gasteiger partial charge in [-0.3, -0.25) is 9.89 Å². The summed E-state index contributed by atoms with van der Waals surface area (Å²) in [5.74, 6) is -1.31. The van der Waals surface area contributed by atoms with E-state index in [1.807, 2.05) is 6.92 Å². The molecule has 1 aliphatic heterocycles. The number of carbonyl (C=O) groups excluding carboxylic acids is 1. The summed E-state index contributed by atoms with van der Waals surface area (Å²) in [6, 6.07) is 1.28. The third kappa shape index (κ3) is 2.44. The minimum Gasteiger partial charge on any atom is -0.477 e. The molecule has 0 radical (unpaired) electrons. The fraction of sp³-hybridized carbons (Fsp3) is 0.500. The van der Waals surface area contributed by atoms with Crippen molar-refractivity contribution in [2.24, 2.45) is 5.92 Å². The molecule has 0 aliphatic carbocycles. The van der Waals surface area contributed by atoms with Gasteiger partial charge in [-0.25, -0.2) is 4.79 Å². The van der Waals surface area contributed by atoms with Gasteiger partial charge in [-0.2, -0.15) is 5.10 Å². The highest BCUT2D eigenvalue weighted by molar-refractivity contribution is 5.93. The summed E-state index contributed by atoms with van der Waals surface area (Å²) in [6.45, 7) is 2.41. The maximum Gasteiger partial charge on any atom is 0.353 e. The summed E-state index contributed by atoms with van der Waals surface area (Å²) in [5.41, 5.74) is -0.0592. The number of nitrogens with zero attached hydrogens (tertiary/aromatic N) is 1. The number of nitrogens with one attached hydrogen (secondary N) is 2. The van der Waals surface area contributed by atoms with Crippen LogP contribution < -0.4 is 5.32 Å². The van der Waals surface area contributed by atoms with Crippen molar-refractivity contribution in [2.45, 2.75) is 19.4 Å². The molecule has 3 N–H and O–H groups in total. The minimum absolute atomic E-state index is 0.0592. The van der Waals surface area contributed by atoms with Crippen LogP contribution in [0.25, 0.3) is 0 Å². The molecule has 7 nitrogen and oxygen atoms in total. The monoisotopic (exact) mass is 239 g/mol. The lowest BCUT2D eigenvalue weighted by Gasteiger charge is -2.12. The molecule has 0 spiro atoms. The lowest BCUT2D eigenvalue weighted by atomic mass is 10.0. The molecule has 92 valence electrons. The maximum absolute atomic E-state index is 11.8. The summed E-state index contributed by atoms with van der Waals surface area (Å²) >= 11 is 0. The van der Waals surface area contributed by atoms with Crippen molar-refractivity contribution in [2.75, 3.05) is 11.9 Å². The highest BCUT2D eigenvalue weighted by Crippen LogP contribution is 2.21. The molecule has 17 heavy (non-hydrogen) atoms. The normalized spacial score (nSPS) is 23.6. The predicted octanol–water partition coefficient (Wildman–Crippen LogP) is 0.471. The lowest BCUT2D eigenvalue weighted by Crippen LogP contribution is -2.27. The first-order chi connectivity index (χ1) is 8.08. The van der Waals surface area contributed by atoms with Gasteiger partial charge in [0.1, 0.15) is 5.69 Å². The van der Waals surface area contributed by atoms with Crippen molar-refractivity contribution in [1.29, 1.82) is 0 Å². The van der Waals surface area contributed by atoms with Crippen molar-refractivity contribution in [3.05, 3.63) is 11.8 Å². The first kappa shape index (κ1) is 11.6. The largest absolute Gasteiger partial charge is 0.477 e. The first-order valence-corrected chi connectivity index (χ1v) is 5.29. The van der Waals surface area contributed by atoms with Crippen LogP contribution in [0.1, 0.15) is 23.8 Å². The number of hydrogen-bond acceptors (Lipinski definition) is 4. The number of amides is 1. The summed E-state index contributed by atoms with van der Waals surface area (Å²) < 4.78 is 5.28. The third-order valence-electron chi connectivity index (χ3n) is 2.77. The highest BCUT2D eigenvalue weighted by atomic mass is 16.5. The molecular formula is C10H13N3O4. The van der Waals surface area contributed by atoms with E-state index in [4.69, 9.17) is 9.84 Å². The Balaban J connectivity index is 2.00. The lowest BCUT2D eigenvalue weighted by molar-refractivity contribution is -0.121. The molecule has 1 aliphatic rings. The number of anilines is 1. The highest BCUT2D eigenvalue weighted by Gasteiger charge is 2.31. The fourth-order valence-corrected chi connectivity index (χ4v) is 1.79. The van der Waals surface area contributed by atoms with Gasteiger partial charge in [-0.15, -0.1) is 0 Å². The second kappa shape index (κ2) is 4.54. The SMILES string of the molecule is CC1OCCC1C(=O)Nc1cc(C(=O)O)[nH]n1. The zero-order valence-electron chi connectivity index (χ0n) is 9.27. The Morgan fingerprint density at radius 1 is 1.65 bits per heavy atom. The Kier molecular flexibility index (Phi) is 3.10. The van der Waals surface area contributed by atoms with Crippen molar-refractivity contribution < 1.29 is 19.4 Å². The molecule has 2 unspecified atom stereocenters. The molecule has 2 heterocycles. The van der Waals surface area contributed by atoms with Crippen LogP contribution in [-0.2, 0) is 9.53 Å². The van der Waals surface area contributed by atoms with Crippen LogP contribution in [0.5, 0.6) is 0 Å². The van der Waals surface area contributed by atoms with Gasteiger partial charge in [0.2, 0.25) is 5.91 Å². The number of aromatic nitrogens is 2. The van der Waals surface area contributed by atoms with Crippen LogP contribution in [0.2, 0.25) is 0 Å². The van der Waals surface area contributed by atoms with Gasteiger partial charge in [0.25, 0.3) is 0 Å². The number of hydrogen-bond donors (Lipinski definition) is 3. The second-order valence-corrected chi connectivity index (χ2v) is 3.93. The van der Waals surface area contributed by atoms with Gasteiger partial charge >= 0.3 is 5.97 Å². The molecule has 1 aromatic rings. The van der Waals surface area contributed by atoms with Gasteiger partial charge in [0.15, 0.2) is 5.82 Å². The second-order valence-electron chi connectivity index (χ2n) is 3.93. The third-order valence-corrected chi connectivity index (χ3v) is 2.77. The van der Waals surface area contributed by atoms with Gasteiger partial charge < -0.3 is 15.2 Å². The molecular weight excluding hydrogens is 226 g/mol. The van der Waals surface area contributed by atoms with Crippen LogP contribution in [-0.4, -0.2) is 39.9 Å². The molecule has 1 saturated heterocycles. The van der Waals surface area contributed by atoms with E-state index in [2.05, 4.69) is 15.5 Å². The van der Waals surface area contributed by atoms with E-state index in [1.165, 1.54) is 6.07 Å². The zero-order chi connectivity index (χ0) is 12.4. The Labute approximate surface area is 97.2 Å². The molecule has 0 saturated carbocycles. The zero-order valence-corrected chi connectivity index (χ0v) is 9.27. The minimum atomic E-state index is -1.12. The molecule has 1 amide bonds. The number of ether oxygens (including phenoxy) is 1. The standard InChI is InChI=1S/C10H13N3O4/c1-5-6(2-3-17-5)9(14)11-8-4-7(10(15)16)12-13-8/h4-6H,2-3H2,1H3,(H,15,16)(H2,11,12,13,14). The van der Waals surface area contributed by atoms with E-state index in [9.17, 15) is 9.59 Å². The number of H-pyrrole nitrogens is 1. The van der Waals surface area contributed by atoms with Gasteiger partial charge in [0, 0.05) is 12.7 Å². The van der Waals surface area contributed by atoms with E-state index in [0.717, 1.165) is 0 Å². The van der Waals surface area contributed by atoms with Crippen molar-refractivity contribution >= 4 is 17.7 Å². The van der Waals surface area contributed by atoms with E-state index >= 15 is 0 Å².